The number of nitrogens with one attached hydrogen (secondary N) is 1. The maximum Gasteiger partial charge on any atom is 0.410 e. The first-order valence-electron chi connectivity index (χ1n) is 8.21. The Bertz CT molecular complexity index is 826. The number of ether oxygens (including phenoxy) is 1. The van der Waals surface area contributed by atoms with Crippen molar-refractivity contribution in [1.82, 2.24) is 4.90 Å². The number of likely N-dealkylation sites (tertiary alicyclic amines) is 1. The van der Waals surface area contributed by atoms with Crippen LogP contribution in [0, 0.1) is 0 Å². The van der Waals surface area contributed by atoms with Gasteiger partial charge in [0.25, 0.3) is 0 Å². The summed E-state index contributed by atoms with van der Waals surface area (Å²) in [5.74, 6) is -0.137. The summed E-state index contributed by atoms with van der Waals surface area (Å²) in [7, 11) is -3.58. The molecule has 1 atom stereocenters. The third kappa shape index (κ3) is 3.63. The summed E-state index contributed by atoms with van der Waals surface area (Å²) in [5, 5.41) is 2.02. The number of anilines is 1. The highest BCUT2D eigenvalue weighted by molar-refractivity contribution is 7.92. The van der Waals surface area contributed by atoms with E-state index in [0.29, 0.717) is 24.2 Å². The monoisotopic (exact) mass is 366 g/mol. The zero-order valence-electron chi connectivity index (χ0n) is 14.5. The van der Waals surface area contributed by atoms with Crippen LogP contribution in [0.15, 0.2) is 23.1 Å². The molecule has 1 aromatic rings. The van der Waals surface area contributed by atoms with Gasteiger partial charge in [0.05, 0.1) is 16.6 Å². The number of hydrogen-bond acceptors (Lipinski definition) is 5. The van der Waals surface area contributed by atoms with Gasteiger partial charge >= 0.3 is 6.09 Å². The highest BCUT2D eigenvalue weighted by Crippen LogP contribution is 2.30. The largest absolute Gasteiger partial charge is 0.444 e. The molecule has 1 fully saturated rings. The van der Waals surface area contributed by atoms with Crippen molar-refractivity contribution in [1.29, 1.82) is 0 Å². The van der Waals surface area contributed by atoms with Gasteiger partial charge in [-0.1, -0.05) is 0 Å². The number of carbonyl (C=O) groups excluding carboxylic acids is 2. The molecule has 0 saturated carbocycles. The average molecular weight is 366 g/mol. The summed E-state index contributed by atoms with van der Waals surface area (Å²) in [6.45, 7) is 5.79. The van der Waals surface area contributed by atoms with Gasteiger partial charge in [-0.15, -0.1) is 0 Å². The van der Waals surface area contributed by atoms with Gasteiger partial charge in [0, 0.05) is 18.8 Å². The molecule has 1 saturated heterocycles. The van der Waals surface area contributed by atoms with Gasteiger partial charge in [-0.25, -0.2) is 13.2 Å². The van der Waals surface area contributed by atoms with Gasteiger partial charge in [0.1, 0.15) is 5.60 Å². The maximum atomic E-state index is 12.9. The Hall–Kier alpha value is -2.09. The first-order valence-corrected chi connectivity index (χ1v) is 9.75. The Morgan fingerprint density at radius 1 is 1.32 bits per heavy atom. The number of carbonyl (C=O) groups is 2. The van der Waals surface area contributed by atoms with Crippen LogP contribution in [0.1, 0.15) is 32.8 Å². The second-order valence-corrected chi connectivity index (χ2v) is 9.65. The van der Waals surface area contributed by atoms with Gasteiger partial charge in [-0.3, -0.25) is 4.79 Å². The number of sulfone groups is 1. The number of amides is 2. The van der Waals surface area contributed by atoms with Crippen molar-refractivity contribution < 1.29 is 22.7 Å². The molecule has 0 bridgehead atoms. The van der Waals surface area contributed by atoms with Gasteiger partial charge in [-0.05, 0) is 51.0 Å². The molecule has 2 heterocycles. The molecular weight excluding hydrogens is 344 g/mol. The minimum absolute atomic E-state index is 0.117. The van der Waals surface area contributed by atoms with Crippen LogP contribution in [-0.2, 0) is 25.8 Å². The summed E-state index contributed by atoms with van der Waals surface area (Å²) in [4.78, 5) is 25.2. The summed E-state index contributed by atoms with van der Waals surface area (Å²) in [5.41, 5.74) is 0.729. The first-order chi connectivity index (χ1) is 11.6. The molecule has 2 amide bonds. The van der Waals surface area contributed by atoms with Crippen LogP contribution in [0.3, 0.4) is 0 Å². The molecule has 1 aromatic carbocycles. The van der Waals surface area contributed by atoms with E-state index in [2.05, 4.69) is 5.32 Å². The van der Waals surface area contributed by atoms with Crippen LogP contribution in [-0.4, -0.2) is 49.3 Å². The molecule has 2 aliphatic rings. The van der Waals surface area contributed by atoms with Crippen molar-refractivity contribution in [3.63, 3.8) is 0 Å². The molecule has 0 unspecified atom stereocenters. The Balaban J connectivity index is 1.75. The van der Waals surface area contributed by atoms with E-state index in [4.69, 9.17) is 4.74 Å². The topological polar surface area (TPSA) is 92.8 Å². The molecule has 3 rings (SSSR count). The van der Waals surface area contributed by atoms with Crippen LogP contribution >= 0.6 is 0 Å². The van der Waals surface area contributed by atoms with E-state index in [9.17, 15) is 18.0 Å². The van der Waals surface area contributed by atoms with Crippen LogP contribution in [0.25, 0.3) is 0 Å². The molecule has 2 aliphatic heterocycles. The second kappa shape index (κ2) is 6.01. The zero-order chi connectivity index (χ0) is 18.4. The average Bonchev–Trinajstić information content (AvgIpc) is 3.10. The van der Waals surface area contributed by atoms with Crippen molar-refractivity contribution in [3.8, 4) is 0 Å². The standard InChI is InChI=1S/C17H22N2O5S/c1-17(2,3)24-16(21)19-7-6-13(10-19)25(22,23)12-4-5-14-11(8-12)9-15(20)18-14/h4-5,8,13H,6-7,9-10H2,1-3H3,(H,18,20)/t13-/m0/s1. The Kier molecular flexibility index (Phi) is 4.26. The van der Waals surface area contributed by atoms with Crippen molar-refractivity contribution in [3.05, 3.63) is 23.8 Å². The minimum atomic E-state index is -3.58. The molecule has 136 valence electrons. The number of benzene rings is 1. The molecule has 0 radical (unpaired) electrons. The molecule has 0 aliphatic carbocycles. The quantitative estimate of drug-likeness (QED) is 0.864. The molecular formula is C17H22N2O5S. The van der Waals surface area contributed by atoms with Crippen LogP contribution in [0.5, 0.6) is 0 Å². The lowest BCUT2D eigenvalue weighted by molar-refractivity contribution is -0.115. The van der Waals surface area contributed by atoms with Gasteiger partial charge in [0.15, 0.2) is 9.84 Å². The summed E-state index contributed by atoms with van der Waals surface area (Å²) in [6, 6.07) is 4.68. The van der Waals surface area contributed by atoms with Crippen LogP contribution < -0.4 is 5.32 Å². The van der Waals surface area contributed by atoms with E-state index in [1.54, 1.807) is 32.9 Å². The minimum Gasteiger partial charge on any atom is -0.444 e. The van der Waals surface area contributed by atoms with Crippen molar-refractivity contribution in [2.24, 2.45) is 0 Å². The summed E-state index contributed by atoms with van der Waals surface area (Å²) < 4.78 is 31.1. The van der Waals surface area contributed by atoms with E-state index in [1.807, 2.05) is 0 Å². The number of fused-ring (bicyclic) bond motifs is 1. The fraction of sp³-hybridized carbons (Fsp3) is 0.529. The van der Waals surface area contributed by atoms with E-state index in [-0.39, 0.29) is 23.8 Å². The van der Waals surface area contributed by atoms with Crippen molar-refractivity contribution in [2.45, 2.75) is 49.4 Å². The third-order valence-electron chi connectivity index (χ3n) is 4.27. The predicted octanol–water partition coefficient (Wildman–Crippen LogP) is 1.96. The van der Waals surface area contributed by atoms with E-state index >= 15 is 0 Å². The smallest absolute Gasteiger partial charge is 0.410 e. The fourth-order valence-electron chi connectivity index (χ4n) is 3.05. The lowest BCUT2D eigenvalue weighted by Crippen LogP contribution is -2.36. The third-order valence-corrected chi connectivity index (χ3v) is 6.44. The second-order valence-electron chi connectivity index (χ2n) is 7.43. The number of nitrogens with zero attached hydrogens (tertiary/aromatic N) is 1. The van der Waals surface area contributed by atoms with Crippen molar-refractivity contribution >= 4 is 27.5 Å². The van der Waals surface area contributed by atoms with Crippen molar-refractivity contribution in [2.75, 3.05) is 18.4 Å². The Morgan fingerprint density at radius 3 is 2.72 bits per heavy atom. The van der Waals surface area contributed by atoms with Gasteiger partial charge in [0.2, 0.25) is 5.91 Å². The van der Waals surface area contributed by atoms with Crippen LogP contribution in [0.2, 0.25) is 0 Å². The Morgan fingerprint density at radius 2 is 2.04 bits per heavy atom. The Labute approximate surface area is 147 Å². The SMILES string of the molecule is CC(C)(C)OC(=O)N1CC[C@H](S(=O)(=O)c2ccc3c(c2)CC(=O)N3)C1. The molecule has 0 spiro atoms. The summed E-state index contributed by atoms with van der Waals surface area (Å²) in [6.07, 6.45) is 0.0671. The lowest BCUT2D eigenvalue weighted by atomic mass is 10.2. The molecule has 7 nitrogen and oxygen atoms in total. The van der Waals surface area contributed by atoms with Gasteiger partial charge in [-0.2, -0.15) is 0 Å². The highest BCUT2D eigenvalue weighted by atomic mass is 32.2. The highest BCUT2D eigenvalue weighted by Gasteiger charge is 2.38. The van der Waals surface area contributed by atoms with E-state index in [0.717, 1.165) is 0 Å². The molecule has 25 heavy (non-hydrogen) atoms. The van der Waals surface area contributed by atoms with Gasteiger partial charge < -0.3 is 15.0 Å². The number of hydrogen-bond donors (Lipinski definition) is 1. The van der Waals surface area contributed by atoms with E-state index in [1.165, 1.54) is 11.0 Å². The lowest BCUT2D eigenvalue weighted by Gasteiger charge is -2.24. The first kappa shape index (κ1) is 17.7. The molecule has 8 heteroatoms. The molecule has 0 aromatic heterocycles. The molecule has 1 N–H and O–H groups in total. The van der Waals surface area contributed by atoms with Crippen LogP contribution in [0.4, 0.5) is 10.5 Å². The zero-order valence-corrected chi connectivity index (χ0v) is 15.4. The summed E-state index contributed by atoms with van der Waals surface area (Å²) >= 11 is 0. The normalized spacial score (nSPS) is 20.4. The maximum absolute atomic E-state index is 12.9. The predicted molar refractivity (Wildman–Crippen MR) is 92.2 cm³/mol. The number of rotatable bonds is 2. The van der Waals surface area contributed by atoms with E-state index < -0.39 is 26.8 Å². The fourth-order valence-corrected chi connectivity index (χ4v) is 4.79.